The third kappa shape index (κ3) is 5.86. The number of Topliss-reactive ketones (excluding diaryl/α,β-unsaturated/α-hetero) is 1. The molecular formula is C25H28Cl2N6O6. The lowest BCUT2D eigenvalue weighted by Crippen LogP contribution is -2.40. The number of fused-ring (bicyclic) bond motifs is 1. The fourth-order valence-corrected chi connectivity index (χ4v) is 5.12. The zero-order chi connectivity index (χ0) is 28.4. The van der Waals surface area contributed by atoms with Crippen LogP contribution in [0.5, 0.6) is 0 Å². The molecule has 1 amide bonds. The van der Waals surface area contributed by atoms with Crippen molar-refractivity contribution in [1.29, 1.82) is 0 Å². The van der Waals surface area contributed by atoms with Gasteiger partial charge in [0, 0.05) is 13.1 Å². The van der Waals surface area contributed by atoms with Crippen molar-refractivity contribution < 1.29 is 19.1 Å². The van der Waals surface area contributed by atoms with Crippen LogP contribution in [-0.2, 0) is 39.3 Å². The molecule has 0 aliphatic heterocycles. The van der Waals surface area contributed by atoms with Crippen LogP contribution < -0.4 is 22.3 Å². The maximum Gasteiger partial charge on any atom is 0.332 e. The smallest absolute Gasteiger partial charge is 0.332 e. The number of aryl methyl sites for hydroxylation is 1. The van der Waals surface area contributed by atoms with Gasteiger partial charge in [-0.3, -0.25) is 32.9 Å². The van der Waals surface area contributed by atoms with Crippen molar-refractivity contribution in [3.63, 3.8) is 0 Å². The molecule has 4 rings (SSSR count). The number of halogens is 2. The minimum atomic E-state index is -1.18. The summed E-state index contributed by atoms with van der Waals surface area (Å²) in [7, 11) is 1.45. The van der Waals surface area contributed by atoms with Crippen molar-refractivity contribution in [2.45, 2.75) is 51.7 Å². The normalized spacial score (nSPS) is 17.2. The molecule has 1 aromatic carbocycles. The molecule has 3 N–H and O–H groups in total. The van der Waals surface area contributed by atoms with E-state index in [2.05, 4.69) is 10.3 Å². The van der Waals surface area contributed by atoms with Gasteiger partial charge in [-0.25, -0.2) is 4.79 Å². The SMILES string of the molecule is CCOC(=O)C1CCCC(Nc2nc3c(c(=O)n(Cc4ccc(Cl)c(Cl)c4)c(=O)n3C)n2CC(=O)C(N)=O)C1. The molecule has 1 saturated carbocycles. The molecule has 12 nitrogen and oxygen atoms in total. The quantitative estimate of drug-likeness (QED) is 0.287. The summed E-state index contributed by atoms with van der Waals surface area (Å²) in [5, 5.41) is 3.79. The summed E-state index contributed by atoms with van der Waals surface area (Å²) in [4.78, 5) is 67.6. The number of nitrogens with one attached hydrogen (secondary N) is 1. The van der Waals surface area contributed by atoms with Crippen LogP contribution in [-0.4, -0.2) is 49.0 Å². The first-order valence-electron chi connectivity index (χ1n) is 12.4. The first-order valence-corrected chi connectivity index (χ1v) is 13.2. The highest BCUT2D eigenvalue weighted by Crippen LogP contribution is 2.28. The second-order valence-electron chi connectivity index (χ2n) is 9.42. The van der Waals surface area contributed by atoms with E-state index >= 15 is 0 Å². The molecule has 1 aliphatic rings. The predicted molar refractivity (Wildman–Crippen MR) is 145 cm³/mol. The van der Waals surface area contributed by atoms with Gasteiger partial charge in [-0.05, 0) is 43.9 Å². The van der Waals surface area contributed by atoms with Crippen LogP contribution in [0.3, 0.4) is 0 Å². The molecule has 2 aromatic heterocycles. The van der Waals surface area contributed by atoms with E-state index in [4.69, 9.17) is 33.7 Å². The number of primary amides is 1. The summed E-state index contributed by atoms with van der Waals surface area (Å²) in [6.45, 7) is 1.33. The molecule has 0 saturated heterocycles. The second kappa shape index (κ2) is 11.6. The highest BCUT2D eigenvalue weighted by molar-refractivity contribution is 6.42. The van der Waals surface area contributed by atoms with E-state index in [0.717, 1.165) is 11.0 Å². The number of hydrogen-bond donors (Lipinski definition) is 2. The lowest BCUT2D eigenvalue weighted by molar-refractivity contribution is -0.149. The molecule has 2 atom stereocenters. The monoisotopic (exact) mass is 578 g/mol. The van der Waals surface area contributed by atoms with Crippen molar-refractivity contribution in [3.8, 4) is 0 Å². The Morgan fingerprint density at radius 2 is 1.90 bits per heavy atom. The first kappa shape index (κ1) is 28.4. The van der Waals surface area contributed by atoms with E-state index in [9.17, 15) is 24.0 Å². The largest absolute Gasteiger partial charge is 0.466 e. The Labute approximate surface area is 232 Å². The number of esters is 1. The zero-order valence-electron chi connectivity index (χ0n) is 21.4. The van der Waals surface area contributed by atoms with Crippen LogP contribution in [0.1, 0.15) is 38.2 Å². The number of nitrogens with two attached hydrogens (primary N) is 1. The Morgan fingerprint density at radius 3 is 2.56 bits per heavy atom. The molecule has 0 spiro atoms. The van der Waals surface area contributed by atoms with Gasteiger partial charge in [0.15, 0.2) is 11.2 Å². The van der Waals surface area contributed by atoms with Gasteiger partial charge in [-0.2, -0.15) is 4.98 Å². The summed E-state index contributed by atoms with van der Waals surface area (Å²) in [6, 6.07) is 4.50. The van der Waals surface area contributed by atoms with Crippen LogP contribution in [0.15, 0.2) is 27.8 Å². The molecule has 2 unspecified atom stereocenters. The molecule has 0 radical (unpaired) electrons. The Hall–Kier alpha value is -3.64. The number of nitrogens with zero attached hydrogens (tertiary/aromatic N) is 4. The third-order valence-corrected chi connectivity index (χ3v) is 7.50. The minimum Gasteiger partial charge on any atom is -0.466 e. The Kier molecular flexibility index (Phi) is 8.45. The number of carbonyl (C=O) groups is 3. The molecule has 14 heteroatoms. The van der Waals surface area contributed by atoms with Crippen molar-refractivity contribution in [3.05, 3.63) is 54.6 Å². The van der Waals surface area contributed by atoms with Crippen LogP contribution in [0, 0.1) is 5.92 Å². The van der Waals surface area contributed by atoms with Gasteiger partial charge in [0.25, 0.3) is 11.5 Å². The average molecular weight is 579 g/mol. The number of ketones is 1. The van der Waals surface area contributed by atoms with Crippen molar-refractivity contribution >= 4 is 58.0 Å². The van der Waals surface area contributed by atoms with Crippen LogP contribution in [0.25, 0.3) is 11.2 Å². The van der Waals surface area contributed by atoms with Crippen LogP contribution >= 0.6 is 23.2 Å². The molecule has 1 fully saturated rings. The van der Waals surface area contributed by atoms with E-state index in [1.807, 2.05) is 0 Å². The van der Waals surface area contributed by atoms with E-state index in [-0.39, 0.29) is 53.2 Å². The lowest BCUT2D eigenvalue weighted by Gasteiger charge is -2.28. The van der Waals surface area contributed by atoms with Gasteiger partial charge in [0.05, 0.1) is 35.7 Å². The standard InChI is InChI=1S/C25H28Cl2N6O6/c1-3-39-23(37)14-5-4-6-15(10-14)29-24-30-21-19(32(24)12-18(34)20(28)35)22(36)33(25(38)31(21)2)11-13-7-8-16(26)17(27)9-13/h7-9,14-15H,3-6,10-12H2,1-2H3,(H2,28,35)(H,29,30). The van der Waals surface area contributed by atoms with Gasteiger partial charge in [-0.1, -0.05) is 35.7 Å². The van der Waals surface area contributed by atoms with Gasteiger partial charge >= 0.3 is 11.7 Å². The van der Waals surface area contributed by atoms with Crippen molar-refractivity contribution in [1.82, 2.24) is 18.7 Å². The van der Waals surface area contributed by atoms with E-state index in [0.29, 0.717) is 29.8 Å². The third-order valence-electron chi connectivity index (χ3n) is 6.76. The minimum absolute atomic E-state index is 0.0212. The molecular weight excluding hydrogens is 551 g/mol. The Balaban J connectivity index is 1.80. The fourth-order valence-electron chi connectivity index (χ4n) is 4.79. The van der Waals surface area contributed by atoms with E-state index in [1.54, 1.807) is 25.1 Å². The summed E-state index contributed by atoms with van der Waals surface area (Å²) < 4.78 is 8.59. The second-order valence-corrected chi connectivity index (χ2v) is 10.2. The lowest BCUT2D eigenvalue weighted by atomic mass is 9.86. The van der Waals surface area contributed by atoms with E-state index < -0.39 is 29.5 Å². The Bertz CT molecular complexity index is 1580. The van der Waals surface area contributed by atoms with Gasteiger partial charge < -0.3 is 15.8 Å². The topological polar surface area (TPSA) is 160 Å². The van der Waals surface area contributed by atoms with E-state index in [1.165, 1.54) is 16.2 Å². The molecule has 208 valence electrons. The number of hydrogen-bond acceptors (Lipinski definition) is 8. The molecule has 2 heterocycles. The van der Waals surface area contributed by atoms with Crippen LogP contribution in [0.2, 0.25) is 10.0 Å². The summed E-state index contributed by atoms with van der Waals surface area (Å²) in [5.41, 5.74) is 4.35. The molecule has 0 bridgehead atoms. The summed E-state index contributed by atoms with van der Waals surface area (Å²) in [5.74, 6) is -2.62. The summed E-state index contributed by atoms with van der Waals surface area (Å²) in [6.07, 6.45) is 2.58. The number of ether oxygens (including phenoxy) is 1. The van der Waals surface area contributed by atoms with Crippen molar-refractivity contribution in [2.24, 2.45) is 18.7 Å². The number of aromatic nitrogens is 4. The number of amides is 1. The fraction of sp³-hybridized carbons (Fsp3) is 0.440. The zero-order valence-corrected chi connectivity index (χ0v) is 22.9. The van der Waals surface area contributed by atoms with Crippen molar-refractivity contribution in [2.75, 3.05) is 11.9 Å². The first-order chi connectivity index (χ1) is 18.5. The van der Waals surface area contributed by atoms with Gasteiger partial charge in [-0.15, -0.1) is 0 Å². The Morgan fingerprint density at radius 1 is 1.15 bits per heavy atom. The summed E-state index contributed by atoms with van der Waals surface area (Å²) >= 11 is 12.1. The number of anilines is 1. The number of imidazole rings is 1. The molecule has 1 aliphatic carbocycles. The van der Waals surface area contributed by atoms with Gasteiger partial charge in [0.2, 0.25) is 11.7 Å². The molecule has 3 aromatic rings. The number of carbonyl (C=O) groups excluding carboxylic acids is 3. The maximum absolute atomic E-state index is 13.7. The maximum atomic E-state index is 13.7. The number of rotatable bonds is 9. The predicted octanol–water partition coefficient (Wildman–Crippen LogP) is 1.84. The number of benzene rings is 1. The highest BCUT2D eigenvalue weighted by Gasteiger charge is 2.30. The van der Waals surface area contributed by atoms with Crippen LogP contribution in [0.4, 0.5) is 5.95 Å². The van der Waals surface area contributed by atoms with Gasteiger partial charge in [0.1, 0.15) is 0 Å². The highest BCUT2D eigenvalue weighted by atomic mass is 35.5. The molecule has 39 heavy (non-hydrogen) atoms. The average Bonchev–Trinajstić information content (AvgIpc) is 3.25.